The van der Waals surface area contributed by atoms with Gasteiger partial charge in [-0.15, -0.1) is 0 Å². The highest BCUT2D eigenvalue weighted by Gasteiger charge is 2.21. The van der Waals surface area contributed by atoms with Gasteiger partial charge in [0.25, 0.3) is 0 Å². The van der Waals surface area contributed by atoms with E-state index in [4.69, 9.17) is 4.74 Å². The maximum absolute atomic E-state index is 5.52. The molecule has 1 aliphatic rings. The molecular weight excluding hydrogens is 234 g/mol. The van der Waals surface area contributed by atoms with Gasteiger partial charge in [0.05, 0.1) is 7.11 Å². The molecular formula is C17H27NO. The molecule has 1 fully saturated rings. The predicted molar refractivity (Wildman–Crippen MR) is 80.7 cm³/mol. The molecule has 3 unspecified atom stereocenters. The van der Waals surface area contributed by atoms with Gasteiger partial charge in [0.2, 0.25) is 0 Å². The molecule has 1 aromatic rings. The molecule has 0 spiro atoms. The molecule has 1 saturated carbocycles. The van der Waals surface area contributed by atoms with Crippen LogP contribution in [0.4, 0.5) is 0 Å². The molecule has 3 atom stereocenters. The van der Waals surface area contributed by atoms with Crippen molar-refractivity contribution in [1.29, 1.82) is 0 Å². The van der Waals surface area contributed by atoms with Gasteiger partial charge in [0, 0.05) is 17.6 Å². The number of hydrogen-bond donors (Lipinski definition) is 1. The van der Waals surface area contributed by atoms with Gasteiger partial charge in [-0.3, -0.25) is 0 Å². The Balaban J connectivity index is 2.04. The molecule has 1 aliphatic carbocycles. The smallest absolute Gasteiger partial charge is 0.123 e. The molecule has 1 aromatic carbocycles. The van der Waals surface area contributed by atoms with Crippen LogP contribution in [0.3, 0.4) is 0 Å². The van der Waals surface area contributed by atoms with Crippen molar-refractivity contribution in [3.63, 3.8) is 0 Å². The molecule has 2 nitrogen and oxygen atoms in total. The number of nitrogens with one attached hydrogen (secondary N) is 1. The van der Waals surface area contributed by atoms with Crippen molar-refractivity contribution >= 4 is 0 Å². The average molecular weight is 261 g/mol. The van der Waals surface area contributed by atoms with Crippen LogP contribution >= 0.6 is 0 Å². The first-order valence-electron chi connectivity index (χ1n) is 7.50. The minimum Gasteiger partial charge on any atom is -0.496 e. The maximum Gasteiger partial charge on any atom is 0.123 e. The second kappa shape index (κ2) is 6.42. The summed E-state index contributed by atoms with van der Waals surface area (Å²) in [7, 11) is 1.76. The Labute approximate surface area is 117 Å². The van der Waals surface area contributed by atoms with Crippen LogP contribution in [-0.2, 0) is 0 Å². The molecule has 19 heavy (non-hydrogen) atoms. The lowest BCUT2D eigenvalue weighted by atomic mass is 9.86. The summed E-state index contributed by atoms with van der Waals surface area (Å²) in [5.74, 6) is 1.86. The van der Waals surface area contributed by atoms with Gasteiger partial charge < -0.3 is 10.1 Å². The Morgan fingerprint density at radius 3 is 2.79 bits per heavy atom. The van der Waals surface area contributed by atoms with Crippen LogP contribution in [0.1, 0.15) is 56.7 Å². The molecule has 0 amide bonds. The lowest BCUT2D eigenvalue weighted by Gasteiger charge is -2.30. The van der Waals surface area contributed by atoms with Crippen molar-refractivity contribution in [2.75, 3.05) is 7.11 Å². The molecule has 1 N–H and O–H groups in total. The lowest BCUT2D eigenvalue weighted by Crippen LogP contribution is -2.35. The molecule has 0 bridgehead atoms. The highest BCUT2D eigenvalue weighted by Crippen LogP contribution is 2.29. The average Bonchev–Trinajstić information content (AvgIpc) is 2.38. The molecule has 0 aromatic heterocycles. The van der Waals surface area contributed by atoms with Gasteiger partial charge in [-0.2, -0.15) is 0 Å². The molecule has 106 valence electrons. The van der Waals surface area contributed by atoms with E-state index < -0.39 is 0 Å². The third kappa shape index (κ3) is 3.73. The number of hydrogen-bond acceptors (Lipinski definition) is 2. The zero-order chi connectivity index (χ0) is 13.8. The van der Waals surface area contributed by atoms with Crippen molar-refractivity contribution in [2.24, 2.45) is 5.92 Å². The summed E-state index contributed by atoms with van der Waals surface area (Å²) >= 11 is 0. The van der Waals surface area contributed by atoms with Crippen LogP contribution in [0.25, 0.3) is 0 Å². The van der Waals surface area contributed by atoms with Gasteiger partial charge >= 0.3 is 0 Å². The van der Waals surface area contributed by atoms with E-state index >= 15 is 0 Å². The van der Waals surface area contributed by atoms with Crippen LogP contribution < -0.4 is 10.1 Å². The van der Waals surface area contributed by atoms with Crippen LogP contribution in [0.15, 0.2) is 18.2 Å². The van der Waals surface area contributed by atoms with Gasteiger partial charge in [-0.1, -0.05) is 31.9 Å². The first-order chi connectivity index (χ1) is 9.10. The van der Waals surface area contributed by atoms with Gasteiger partial charge in [0.1, 0.15) is 5.75 Å². The monoisotopic (exact) mass is 261 g/mol. The maximum atomic E-state index is 5.52. The Morgan fingerprint density at radius 1 is 1.32 bits per heavy atom. The summed E-state index contributed by atoms with van der Waals surface area (Å²) < 4.78 is 5.52. The van der Waals surface area contributed by atoms with E-state index in [-0.39, 0.29) is 0 Å². The normalized spacial score (nSPS) is 25.1. The molecule has 0 aliphatic heterocycles. The summed E-state index contributed by atoms with van der Waals surface area (Å²) in [4.78, 5) is 0. The summed E-state index contributed by atoms with van der Waals surface area (Å²) in [6.07, 6.45) is 5.36. The van der Waals surface area contributed by atoms with E-state index in [2.05, 4.69) is 44.3 Å². The quantitative estimate of drug-likeness (QED) is 0.875. The fourth-order valence-corrected chi connectivity index (χ4v) is 3.20. The number of ether oxygens (including phenoxy) is 1. The van der Waals surface area contributed by atoms with Crippen molar-refractivity contribution in [3.05, 3.63) is 29.3 Å². The Kier molecular flexibility index (Phi) is 4.87. The van der Waals surface area contributed by atoms with E-state index in [1.54, 1.807) is 7.11 Å². The minimum atomic E-state index is 0.353. The van der Waals surface area contributed by atoms with Crippen LogP contribution in [0, 0.1) is 12.8 Å². The summed E-state index contributed by atoms with van der Waals surface area (Å²) in [5, 5.41) is 3.78. The number of methoxy groups -OCH3 is 1. The summed E-state index contributed by atoms with van der Waals surface area (Å²) in [5.41, 5.74) is 2.52. The van der Waals surface area contributed by atoms with E-state index in [9.17, 15) is 0 Å². The van der Waals surface area contributed by atoms with Crippen molar-refractivity contribution in [3.8, 4) is 5.75 Å². The highest BCUT2D eigenvalue weighted by molar-refractivity contribution is 5.39. The van der Waals surface area contributed by atoms with Gasteiger partial charge in [-0.25, -0.2) is 0 Å². The fraction of sp³-hybridized carbons (Fsp3) is 0.647. The fourth-order valence-electron chi connectivity index (χ4n) is 3.20. The highest BCUT2D eigenvalue weighted by atomic mass is 16.5. The number of rotatable bonds is 4. The molecule has 0 saturated heterocycles. The van der Waals surface area contributed by atoms with Crippen LogP contribution in [-0.4, -0.2) is 13.2 Å². The second-order valence-electron chi connectivity index (χ2n) is 6.10. The van der Waals surface area contributed by atoms with Crippen molar-refractivity contribution < 1.29 is 4.74 Å². The Bertz CT molecular complexity index is 416. The van der Waals surface area contributed by atoms with E-state index in [1.165, 1.54) is 36.8 Å². The number of benzene rings is 1. The third-order valence-corrected chi connectivity index (χ3v) is 4.28. The third-order valence-electron chi connectivity index (χ3n) is 4.28. The van der Waals surface area contributed by atoms with E-state index in [0.717, 1.165) is 11.7 Å². The zero-order valence-electron chi connectivity index (χ0n) is 12.7. The summed E-state index contributed by atoms with van der Waals surface area (Å²) in [6, 6.07) is 7.49. The van der Waals surface area contributed by atoms with Crippen molar-refractivity contribution in [1.82, 2.24) is 5.32 Å². The second-order valence-corrected chi connectivity index (χ2v) is 6.10. The van der Waals surface area contributed by atoms with Crippen LogP contribution in [0.5, 0.6) is 5.75 Å². The topological polar surface area (TPSA) is 21.3 Å². The Morgan fingerprint density at radius 2 is 2.11 bits per heavy atom. The molecule has 2 heteroatoms. The molecule has 2 rings (SSSR count). The Hall–Kier alpha value is -1.02. The summed E-state index contributed by atoms with van der Waals surface area (Å²) in [6.45, 7) is 6.71. The zero-order valence-corrected chi connectivity index (χ0v) is 12.7. The molecule has 0 heterocycles. The van der Waals surface area contributed by atoms with Gasteiger partial charge in [0.15, 0.2) is 0 Å². The van der Waals surface area contributed by atoms with E-state index in [0.29, 0.717) is 12.1 Å². The van der Waals surface area contributed by atoms with Gasteiger partial charge in [-0.05, 0) is 44.2 Å². The van der Waals surface area contributed by atoms with Crippen LogP contribution in [0.2, 0.25) is 0 Å². The first kappa shape index (κ1) is 14.4. The SMILES string of the molecule is COc1cc(C)ccc1C(C)NC1CCCC(C)C1. The van der Waals surface area contributed by atoms with Crippen molar-refractivity contribution in [2.45, 2.75) is 58.5 Å². The predicted octanol–water partition coefficient (Wildman–Crippen LogP) is 4.23. The number of aryl methyl sites for hydroxylation is 1. The van der Waals surface area contributed by atoms with E-state index in [1.807, 2.05) is 0 Å². The minimum absolute atomic E-state index is 0.353. The standard InChI is InChI=1S/C17H27NO/c1-12-6-5-7-15(10-12)18-14(3)16-9-8-13(2)11-17(16)19-4/h8-9,11-12,14-15,18H,5-7,10H2,1-4H3. The molecule has 0 radical (unpaired) electrons. The first-order valence-corrected chi connectivity index (χ1v) is 7.50. The lowest BCUT2D eigenvalue weighted by molar-refractivity contribution is 0.283. The largest absolute Gasteiger partial charge is 0.496 e.